The first kappa shape index (κ1) is 27.5. The van der Waals surface area contributed by atoms with Crippen molar-refractivity contribution in [2.45, 2.75) is 57.8 Å². The third-order valence-corrected chi connectivity index (χ3v) is 7.36. The van der Waals surface area contributed by atoms with Crippen LogP contribution in [0.15, 0.2) is 60.7 Å². The van der Waals surface area contributed by atoms with Crippen molar-refractivity contribution in [1.82, 2.24) is 10.3 Å². The Balaban J connectivity index is 1.31. The molecular formula is C30H32F3N5O2. The standard InChI is InChI=1S/C30H32F3N5O2/c1-2-3-4-8-27(39)34-18-20-9-11-23(12-10-20)35-29(40)38-24-15-16-37(19-24)26-14-13-25(36-28(26)38)21-6-5-7-22(17-21)30(31,32)33/h5-7,9-14,17,24H,2-4,8,15-16,18-19H2,1H3,(H,34,39)(H,35,40)/t24-/m0/s1. The van der Waals surface area contributed by atoms with E-state index < -0.39 is 11.7 Å². The third kappa shape index (κ3) is 6.05. The summed E-state index contributed by atoms with van der Waals surface area (Å²) in [4.78, 5) is 34.0. The number of amides is 3. The van der Waals surface area contributed by atoms with Crippen molar-refractivity contribution in [2.24, 2.45) is 0 Å². The van der Waals surface area contributed by atoms with Crippen molar-refractivity contribution in [3.63, 3.8) is 0 Å². The number of halogens is 3. The van der Waals surface area contributed by atoms with Gasteiger partial charge in [-0.25, -0.2) is 9.78 Å². The number of aromatic nitrogens is 1. The molecule has 0 saturated carbocycles. The third-order valence-electron chi connectivity index (χ3n) is 7.36. The minimum Gasteiger partial charge on any atom is -0.366 e. The normalized spacial score (nSPS) is 16.1. The summed E-state index contributed by atoms with van der Waals surface area (Å²) >= 11 is 0. The Bertz CT molecular complexity index is 1380. The van der Waals surface area contributed by atoms with Gasteiger partial charge in [0.2, 0.25) is 5.91 Å². The molecule has 0 unspecified atom stereocenters. The van der Waals surface area contributed by atoms with E-state index in [1.807, 2.05) is 18.2 Å². The van der Waals surface area contributed by atoms with Crippen molar-refractivity contribution < 1.29 is 22.8 Å². The first-order chi connectivity index (χ1) is 19.2. The average molecular weight is 552 g/mol. The number of pyridine rings is 1. The number of nitrogens with zero attached hydrogens (tertiary/aromatic N) is 3. The van der Waals surface area contributed by atoms with E-state index in [0.717, 1.165) is 55.6 Å². The second kappa shape index (κ2) is 11.6. The molecule has 2 aliphatic heterocycles. The number of hydrogen-bond acceptors (Lipinski definition) is 4. The van der Waals surface area contributed by atoms with Gasteiger partial charge in [0.1, 0.15) is 0 Å². The van der Waals surface area contributed by atoms with Gasteiger partial charge in [0, 0.05) is 37.3 Å². The van der Waals surface area contributed by atoms with Crippen molar-refractivity contribution in [3.8, 4) is 11.3 Å². The quantitative estimate of drug-likeness (QED) is 0.310. The lowest BCUT2D eigenvalue weighted by Crippen LogP contribution is -2.48. The Morgan fingerprint density at radius 1 is 1.05 bits per heavy atom. The highest BCUT2D eigenvalue weighted by molar-refractivity contribution is 6.04. The zero-order chi connectivity index (χ0) is 28.3. The molecule has 1 aromatic heterocycles. The van der Waals surface area contributed by atoms with Gasteiger partial charge in [0.25, 0.3) is 0 Å². The van der Waals surface area contributed by atoms with E-state index in [2.05, 4.69) is 27.4 Å². The van der Waals surface area contributed by atoms with Crippen LogP contribution in [0.5, 0.6) is 0 Å². The van der Waals surface area contributed by atoms with E-state index >= 15 is 0 Å². The minimum absolute atomic E-state index is 0.0252. The largest absolute Gasteiger partial charge is 0.416 e. The second-order valence-corrected chi connectivity index (χ2v) is 10.2. The van der Waals surface area contributed by atoms with E-state index in [1.165, 1.54) is 6.07 Å². The van der Waals surface area contributed by atoms with E-state index in [1.54, 1.807) is 29.2 Å². The van der Waals surface area contributed by atoms with Crippen LogP contribution < -0.4 is 20.4 Å². The summed E-state index contributed by atoms with van der Waals surface area (Å²) < 4.78 is 39.9. The highest BCUT2D eigenvalue weighted by atomic mass is 19.4. The van der Waals surface area contributed by atoms with Gasteiger partial charge in [0.05, 0.1) is 23.0 Å². The van der Waals surface area contributed by atoms with Gasteiger partial charge in [0.15, 0.2) is 5.82 Å². The van der Waals surface area contributed by atoms with Gasteiger partial charge in [-0.1, -0.05) is 44.0 Å². The molecule has 3 heterocycles. The molecule has 210 valence electrons. The van der Waals surface area contributed by atoms with Crippen molar-refractivity contribution in [1.29, 1.82) is 0 Å². The number of rotatable bonds is 8. The Morgan fingerprint density at radius 3 is 2.60 bits per heavy atom. The molecule has 10 heteroatoms. The van der Waals surface area contributed by atoms with E-state index in [0.29, 0.717) is 42.3 Å². The number of carbonyl (C=O) groups excluding carboxylic acids is 2. The summed E-state index contributed by atoms with van der Waals surface area (Å²) in [7, 11) is 0. The van der Waals surface area contributed by atoms with E-state index in [-0.39, 0.29) is 18.0 Å². The lowest BCUT2D eigenvalue weighted by molar-refractivity contribution is -0.137. The highest BCUT2D eigenvalue weighted by Gasteiger charge is 2.40. The van der Waals surface area contributed by atoms with Crippen LogP contribution >= 0.6 is 0 Å². The van der Waals surface area contributed by atoms with Gasteiger partial charge in [-0.05, 0) is 54.8 Å². The summed E-state index contributed by atoms with van der Waals surface area (Å²) in [5, 5.41) is 5.86. The zero-order valence-corrected chi connectivity index (χ0v) is 22.3. The number of nitrogens with one attached hydrogen (secondary N) is 2. The Labute approximate surface area is 231 Å². The van der Waals surface area contributed by atoms with Gasteiger partial charge in [-0.2, -0.15) is 13.2 Å². The first-order valence-corrected chi connectivity index (χ1v) is 13.6. The van der Waals surface area contributed by atoms with Crippen LogP contribution in [0.2, 0.25) is 0 Å². The van der Waals surface area contributed by atoms with E-state index in [9.17, 15) is 22.8 Å². The zero-order valence-electron chi connectivity index (χ0n) is 22.3. The van der Waals surface area contributed by atoms with Crippen LogP contribution in [-0.2, 0) is 17.5 Å². The second-order valence-electron chi connectivity index (χ2n) is 10.2. The van der Waals surface area contributed by atoms with Crippen LogP contribution in [0, 0.1) is 0 Å². The number of anilines is 3. The van der Waals surface area contributed by atoms with Crippen molar-refractivity contribution in [2.75, 3.05) is 28.2 Å². The molecule has 2 aromatic carbocycles. The van der Waals surface area contributed by atoms with Gasteiger partial charge in [-0.3, -0.25) is 9.69 Å². The Morgan fingerprint density at radius 2 is 1.85 bits per heavy atom. The number of unbranched alkanes of at least 4 members (excludes halogenated alkanes) is 2. The van der Waals surface area contributed by atoms with Gasteiger partial charge < -0.3 is 15.5 Å². The maximum atomic E-state index is 13.5. The Kier molecular flexibility index (Phi) is 7.95. The lowest BCUT2D eigenvalue weighted by Gasteiger charge is -2.36. The molecule has 7 nitrogen and oxygen atoms in total. The maximum Gasteiger partial charge on any atom is 0.416 e. The fraction of sp³-hybridized carbons (Fsp3) is 0.367. The van der Waals surface area contributed by atoms with Gasteiger partial charge in [-0.15, -0.1) is 0 Å². The van der Waals surface area contributed by atoms with Crippen molar-refractivity contribution in [3.05, 3.63) is 71.8 Å². The Hall–Kier alpha value is -4.08. The molecular weight excluding hydrogens is 519 g/mol. The fourth-order valence-corrected chi connectivity index (χ4v) is 5.20. The molecule has 0 radical (unpaired) electrons. The van der Waals surface area contributed by atoms with E-state index in [4.69, 9.17) is 0 Å². The highest BCUT2D eigenvalue weighted by Crippen LogP contribution is 2.41. The first-order valence-electron chi connectivity index (χ1n) is 13.6. The minimum atomic E-state index is -4.46. The number of fused-ring (bicyclic) bond motifs is 4. The molecule has 0 spiro atoms. The number of urea groups is 1. The molecule has 2 N–H and O–H groups in total. The number of hydrogen-bond donors (Lipinski definition) is 2. The molecule has 1 atom stereocenters. The molecule has 0 aliphatic carbocycles. The molecule has 2 aliphatic rings. The van der Waals surface area contributed by atoms with Crippen LogP contribution in [0.25, 0.3) is 11.3 Å². The lowest BCUT2D eigenvalue weighted by atomic mass is 10.1. The average Bonchev–Trinajstić information content (AvgIpc) is 3.36. The number of carbonyl (C=O) groups is 2. The summed E-state index contributed by atoms with van der Waals surface area (Å²) in [5.74, 6) is 0.459. The smallest absolute Gasteiger partial charge is 0.366 e. The topological polar surface area (TPSA) is 77.6 Å². The molecule has 5 rings (SSSR count). The van der Waals surface area contributed by atoms with Crippen LogP contribution in [0.4, 0.5) is 35.2 Å². The summed E-state index contributed by atoms with van der Waals surface area (Å²) in [5.41, 5.74) is 2.25. The molecule has 3 aromatic rings. The molecule has 1 saturated heterocycles. The fourth-order valence-electron chi connectivity index (χ4n) is 5.20. The predicted octanol–water partition coefficient (Wildman–Crippen LogP) is 6.59. The number of benzene rings is 2. The van der Waals surface area contributed by atoms with Crippen LogP contribution in [0.1, 0.15) is 50.2 Å². The predicted molar refractivity (Wildman–Crippen MR) is 149 cm³/mol. The summed E-state index contributed by atoms with van der Waals surface area (Å²) in [6.07, 6.45) is -0.209. The molecule has 1 fully saturated rings. The summed E-state index contributed by atoms with van der Waals surface area (Å²) in [6, 6.07) is 15.4. The summed E-state index contributed by atoms with van der Waals surface area (Å²) in [6.45, 7) is 3.95. The SMILES string of the molecule is CCCCCC(=O)NCc1ccc(NC(=O)N2c3nc(-c4cccc(C(F)(F)F)c4)ccc3N3CC[C@H]2C3)cc1. The van der Waals surface area contributed by atoms with Crippen LogP contribution in [-0.4, -0.2) is 36.1 Å². The molecule has 40 heavy (non-hydrogen) atoms. The molecule has 3 amide bonds. The molecule has 2 bridgehead atoms. The number of alkyl halides is 3. The maximum absolute atomic E-state index is 13.5. The monoisotopic (exact) mass is 551 g/mol. The van der Waals surface area contributed by atoms with Crippen molar-refractivity contribution >= 4 is 29.1 Å². The van der Waals surface area contributed by atoms with Crippen LogP contribution in [0.3, 0.4) is 0 Å². The van der Waals surface area contributed by atoms with Gasteiger partial charge >= 0.3 is 12.2 Å².